The second-order valence-corrected chi connectivity index (χ2v) is 8.11. The van der Waals surface area contributed by atoms with E-state index in [4.69, 9.17) is 11.6 Å². The molecule has 0 radical (unpaired) electrons. The zero-order valence-electron chi connectivity index (χ0n) is 16.2. The predicted octanol–water partition coefficient (Wildman–Crippen LogP) is 3.88. The molecule has 28 heavy (non-hydrogen) atoms. The molecule has 4 heterocycles. The van der Waals surface area contributed by atoms with Crippen LogP contribution in [0.2, 0.25) is 5.02 Å². The average Bonchev–Trinajstić information content (AvgIpc) is 3.11. The number of nitrogens with zero attached hydrogens (tertiary/aromatic N) is 4. The summed E-state index contributed by atoms with van der Waals surface area (Å²) in [6.07, 6.45) is 1.65. The van der Waals surface area contributed by atoms with Crippen molar-refractivity contribution in [1.29, 1.82) is 0 Å². The van der Waals surface area contributed by atoms with E-state index in [1.807, 2.05) is 6.07 Å². The van der Waals surface area contributed by atoms with Gasteiger partial charge in [0.25, 0.3) is 0 Å². The standard InChI is InChI=1S/C20H24ClFN6/c1-11(2)12(3)16-10-28(8-7-23-16)20-14(21)9-15(22)18(25-20)17-13-5-4-6-24-19(13)27-26-17/h4-6,9,11-12,16,23H,7-8,10H2,1-3H3,(H,24,26,27)/t12-,16-/m1/s1. The van der Waals surface area contributed by atoms with Crippen LogP contribution in [0.15, 0.2) is 24.4 Å². The van der Waals surface area contributed by atoms with Crippen LogP contribution in [0.4, 0.5) is 10.2 Å². The summed E-state index contributed by atoms with van der Waals surface area (Å²) in [5, 5.41) is 11.7. The Balaban J connectivity index is 1.72. The maximum Gasteiger partial charge on any atom is 0.181 e. The second-order valence-electron chi connectivity index (χ2n) is 7.71. The van der Waals surface area contributed by atoms with Gasteiger partial charge >= 0.3 is 0 Å². The van der Waals surface area contributed by atoms with Crippen molar-refractivity contribution in [3.8, 4) is 11.4 Å². The molecular formula is C20H24ClFN6. The number of aromatic nitrogens is 4. The molecular weight excluding hydrogens is 379 g/mol. The SMILES string of the molecule is CC(C)[C@@H](C)[C@H]1CN(c2nc(-c3[nH]nc4ncccc34)c(F)cc2Cl)CCN1. The van der Waals surface area contributed by atoms with E-state index in [1.54, 1.807) is 12.3 Å². The van der Waals surface area contributed by atoms with E-state index in [-0.39, 0.29) is 5.69 Å². The van der Waals surface area contributed by atoms with Crippen LogP contribution in [0, 0.1) is 17.7 Å². The molecule has 0 unspecified atom stereocenters. The Morgan fingerprint density at radius 3 is 2.93 bits per heavy atom. The van der Waals surface area contributed by atoms with E-state index < -0.39 is 5.82 Å². The van der Waals surface area contributed by atoms with Gasteiger partial charge in [0, 0.05) is 37.3 Å². The third-order valence-electron chi connectivity index (χ3n) is 5.67. The van der Waals surface area contributed by atoms with Crippen molar-refractivity contribution in [2.75, 3.05) is 24.5 Å². The van der Waals surface area contributed by atoms with Crippen LogP contribution in [0.3, 0.4) is 0 Å². The van der Waals surface area contributed by atoms with Gasteiger partial charge in [0.05, 0.1) is 10.7 Å². The monoisotopic (exact) mass is 402 g/mol. The highest BCUT2D eigenvalue weighted by atomic mass is 35.5. The number of hydrogen-bond acceptors (Lipinski definition) is 5. The Morgan fingerprint density at radius 1 is 1.32 bits per heavy atom. The van der Waals surface area contributed by atoms with Crippen molar-refractivity contribution in [3.05, 3.63) is 35.2 Å². The highest BCUT2D eigenvalue weighted by Gasteiger charge is 2.28. The van der Waals surface area contributed by atoms with Crippen LogP contribution in [-0.2, 0) is 0 Å². The van der Waals surface area contributed by atoms with Gasteiger partial charge in [-0.3, -0.25) is 5.10 Å². The summed E-state index contributed by atoms with van der Waals surface area (Å²) >= 11 is 6.40. The van der Waals surface area contributed by atoms with Gasteiger partial charge in [-0.15, -0.1) is 0 Å². The fourth-order valence-electron chi connectivity index (χ4n) is 3.67. The second kappa shape index (κ2) is 7.64. The van der Waals surface area contributed by atoms with Gasteiger partial charge in [0.2, 0.25) is 0 Å². The first-order valence-corrected chi connectivity index (χ1v) is 9.97. The Bertz CT molecular complexity index is 988. The van der Waals surface area contributed by atoms with Crippen molar-refractivity contribution >= 4 is 28.5 Å². The average molecular weight is 403 g/mol. The molecule has 0 aromatic carbocycles. The molecule has 1 fully saturated rings. The van der Waals surface area contributed by atoms with E-state index in [0.29, 0.717) is 40.1 Å². The Hall–Kier alpha value is -2.25. The highest BCUT2D eigenvalue weighted by molar-refractivity contribution is 6.33. The summed E-state index contributed by atoms with van der Waals surface area (Å²) in [6.45, 7) is 9.09. The number of pyridine rings is 2. The topological polar surface area (TPSA) is 69.7 Å². The lowest BCUT2D eigenvalue weighted by Crippen LogP contribution is -2.54. The maximum atomic E-state index is 14.8. The first-order valence-electron chi connectivity index (χ1n) is 9.59. The van der Waals surface area contributed by atoms with Gasteiger partial charge in [0.1, 0.15) is 11.5 Å². The fraction of sp³-hybridized carbons (Fsp3) is 0.450. The van der Waals surface area contributed by atoms with Crippen molar-refractivity contribution in [3.63, 3.8) is 0 Å². The van der Waals surface area contributed by atoms with Crippen molar-refractivity contribution < 1.29 is 4.39 Å². The Kier molecular flexibility index (Phi) is 5.21. The number of nitrogens with one attached hydrogen (secondary N) is 2. The number of H-pyrrole nitrogens is 1. The molecule has 0 bridgehead atoms. The number of piperazine rings is 1. The number of fused-ring (bicyclic) bond motifs is 1. The third kappa shape index (κ3) is 3.44. The number of halogens is 2. The number of rotatable bonds is 4. The quantitative estimate of drug-likeness (QED) is 0.693. The minimum atomic E-state index is -0.481. The van der Waals surface area contributed by atoms with Gasteiger partial charge in [0.15, 0.2) is 11.5 Å². The van der Waals surface area contributed by atoms with Crippen LogP contribution >= 0.6 is 11.6 Å². The summed E-state index contributed by atoms with van der Waals surface area (Å²) in [5.74, 6) is 1.19. The maximum absolute atomic E-state index is 14.8. The summed E-state index contributed by atoms with van der Waals surface area (Å²) < 4.78 is 14.8. The summed E-state index contributed by atoms with van der Waals surface area (Å²) in [6, 6.07) is 5.31. The molecule has 3 aromatic rings. The van der Waals surface area contributed by atoms with Gasteiger partial charge in [-0.1, -0.05) is 32.4 Å². The molecule has 1 aliphatic rings. The van der Waals surface area contributed by atoms with Crippen molar-refractivity contribution in [2.45, 2.75) is 26.8 Å². The lowest BCUT2D eigenvalue weighted by molar-refractivity contribution is 0.283. The molecule has 1 aliphatic heterocycles. The molecule has 8 heteroatoms. The molecule has 148 valence electrons. The van der Waals surface area contributed by atoms with Gasteiger partial charge in [-0.05, 0) is 30.0 Å². The number of anilines is 1. The zero-order chi connectivity index (χ0) is 19.8. The molecule has 2 N–H and O–H groups in total. The molecule has 2 atom stereocenters. The van der Waals surface area contributed by atoms with Crippen molar-refractivity contribution in [1.82, 2.24) is 25.5 Å². The van der Waals surface area contributed by atoms with Crippen LogP contribution in [0.25, 0.3) is 22.4 Å². The first kappa shape index (κ1) is 19.1. The van der Waals surface area contributed by atoms with E-state index >= 15 is 0 Å². The molecule has 0 amide bonds. The van der Waals surface area contributed by atoms with Crippen molar-refractivity contribution in [2.24, 2.45) is 11.8 Å². The van der Waals surface area contributed by atoms with Gasteiger partial charge in [-0.25, -0.2) is 14.4 Å². The van der Waals surface area contributed by atoms with E-state index in [1.165, 1.54) is 6.07 Å². The van der Waals surface area contributed by atoms with Crippen LogP contribution in [-0.4, -0.2) is 45.8 Å². The molecule has 3 aromatic heterocycles. The molecule has 0 saturated carbocycles. The lowest BCUT2D eigenvalue weighted by atomic mass is 9.89. The Morgan fingerprint density at radius 2 is 2.14 bits per heavy atom. The van der Waals surface area contributed by atoms with Gasteiger partial charge < -0.3 is 10.2 Å². The summed E-state index contributed by atoms with van der Waals surface area (Å²) in [7, 11) is 0. The Labute approximate surface area is 168 Å². The normalized spacial score (nSPS) is 18.8. The van der Waals surface area contributed by atoms with Gasteiger partial charge in [-0.2, -0.15) is 5.10 Å². The van der Waals surface area contributed by atoms with Crippen LogP contribution in [0.5, 0.6) is 0 Å². The number of aromatic amines is 1. The molecule has 0 spiro atoms. The summed E-state index contributed by atoms with van der Waals surface area (Å²) in [5.41, 5.74) is 1.26. The molecule has 1 saturated heterocycles. The highest BCUT2D eigenvalue weighted by Crippen LogP contribution is 2.33. The van der Waals surface area contributed by atoms with E-state index in [9.17, 15) is 4.39 Å². The summed E-state index contributed by atoms with van der Waals surface area (Å²) in [4.78, 5) is 11.0. The fourth-order valence-corrected chi connectivity index (χ4v) is 3.93. The third-order valence-corrected chi connectivity index (χ3v) is 5.95. The smallest absolute Gasteiger partial charge is 0.181 e. The largest absolute Gasteiger partial charge is 0.353 e. The first-order chi connectivity index (χ1) is 13.5. The molecule has 4 rings (SSSR count). The van der Waals surface area contributed by atoms with Crippen LogP contribution < -0.4 is 10.2 Å². The van der Waals surface area contributed by atoms with E-state index in [0.717, 1.165) is 25.0 Å². The van der Waals surface area contributed by atoms with E-state index in [2.05, 4.69) is 51.2 Å². The zero-order valence-corrected chi connectivity index (χ0v) is 17.0. The molecule has 6 nitrogen and oxygen atoms in total. The van der Waals surface area contributed by atoms with Crippen LogP contribution in [0.1, 0.15) is 20.8 Å². The minimum Gasteiger partial charge on any atom is -0.353 e. The molecule has 0 aliphatic carbocycles. The number of hydrogen-bond donors (Lipinski definition) is 2. The minimum absolute atomic E-state index is 0.210. The predicted molar refractivity (Wildman–Crippen MR) is 110 cm³/mol. The lowest BCUT2D eigenvalue weighted by Gasteiger charge is -2.39.